The SMILES string of the molecule is O=C(COc1ccccc1/C=N\NC(=O)C(=O)Nc1ccc(F)cc1)Nc1ccccc1. The largest absolute Gasteiger partial charge is 0.483 e. The monoisotopic (exact) mass is 434 g/mol. The molecule has 0 aliphatic carbocycles. The molecule has 32 heavy (non-hydrogen) atoms. The van der Waals surface area contributed by atoms with Crippen molar-refractivity contribution in [3.63, 3.8) is 0 Å². The molecule has 3 aromatic rings. The van der Waals surface area contributed by atoms with Crippen molar-refractivity contribution in [2.45, 2.75) is 0 Å². The first-order valence-corrected chi connectivity index (χ1v) is 9.48. The molecule has 8 nitrogen and oxygen atoms in total. The van der Waals surface area contributed by atoms with Crippen LogP contribution < -0.4 is 20.8 Å². The maximum atomic E-state index is 12.9. The lowest BCUT2D eigenvalue weighted by Crippen LogP contribution is -2.32. The summed E-state index contributed by atoms with van der Waals surface area (Å²) < 4.78 is 18.4. The van der Waals surface area contributed by atoms with E-state index < -0.39 is 17.6 Å². The molecule has 0 aromatic heterocycles. The Morgan fingerprint density at radius 2 is 1.47 bits per heavy atom. The van der Waals surface area contributed by atoms with Gasteiger partial charge in [-0.05, 0) is 48.5 Å². The Kier molecular flexibility index (Phi) is 7.63. The van der Waals surface area contributed by atoms with E-state index in [0.717, 1.165) is 12.1 Å². The van der Waals surface area contributed by atoms with Crippen LogP contribution in [0.15, 0.2) is 84.0 Å². The van der Waals surface area contributed by atoms with Gasteiger partial charge in [0, 0.05) is 16.9 Å². The minimum absolute atomic E-state index is 0.230. The van der Waals surface area contributed by atoms with Crippen LogP contribution in [0.2, 0.25) is 0 Å². The van der Waals surface area contributed by atoms with Crippen molar-refractivity contribution in [1.29, 1.82) is 0 Å². The number of rotatable bonds is 7. The number of hydrogen-bond donors (Lipinski definition) is 3. The van der Waals surface area contributed by atoms with Crippen molar-refractivity contribution in [1.82, 2.24) is 5.43 Å². The summed E-state index contributed by atoms with van der Waals surface area (Å²) >= 11 is 0. The molecule has 0 atom stereocenters. The van der Waals surface area contributed by atoms with Gasteiger partial charge in [-0.25, -0.2) is 9.82 Å². The number of nitrogens with one attached hydrogen (secondary N) is 3. The fraction of sp³-hybridized carbons (Fsp3) is 0.0435. The predicted octanol–water partition coefficient (Wildman–Crippen LogP) is 2.93. The lowest BCUT2D eigenvalue weighted by atomic mass is 10.2. The van der Waals surface area contributed by atoms with Crippen LogP contribution in [0, 0.1) is 5.82 Å². The third-order valence-electron chi connectivity index (χ3n) is 4.01. The smallest absolute Gasteiger partial charge is 0.329 e. The van der Waals surface area contributed by atoms with E-state index in [2.05, 4.69) is 21.2 Å². The zero-order valence-electron chi connectivity index (χ0n) is 16.7. The van der Waals surface area contributed by atoms with E-state index >= 15 is 0 Å². The summed E-state index contributed by atoms with van der Waals surface area (Å²) in [5, 5.41) is 8.77. The third-order valence-corrected chi connectivity index (χ3v) is 4.01. The summed E-state index contributed by atoms with van der Waals surface area (Å²) in [4.78, 5) is 35.8. The topological polar surface area (TPSA) is 109 Å². The average Bonchev–Trinajstić information content (AvgIpc) is 2.80. The fourth-order valence-electron chi connectivity index (χ4n) is 2.51. The van der Waals surface area contributed by atoms with Crippen molar-refractivity contribution >= 4 is 35.3 Å². The molecule has 0 saturated heterocycles. The van der Waals surface area contributed by atoms with E-state index in [9.17, 15) is 18.8 Å². The summed E-state index contributed by atoms with van der Waals surface area (Å²) in [5.74, 6) is -2.41. The van der Waals surface area contributed by atoms with Crippen molar-refractivity contribution in [2.24, 2.45) is 5.10 Å². The van der Waals surface area contributed by atoms with E-state index in [4.69, 9.17) is 4.74 Å². The van der Waals surface area contributed by atoms with Crippen LogP contribution in [0.5, 0.6) is 5.75 Å². The standard InChI is InChI=1S/C23H19FN4O4/c24-17-10-12-19(13-11-17)27-22(30)23(31)28-25-14-16-6-4-5-9-20(16)32-15-21(29)26-18-7-2-1-3-8-18/h1-14H,15H2,(H,26,29)(H,27,30)(H,28,31)/b25-14-. The molecule has 0 heterocycles. The highest BCUT2D eigenvalue weighted by Gasteiger charge is 2.13. The van der Waals surface area contributed by atoms with Crippen LogP contribution in [0.4, 0.5) is 15.8 Å². The molecule has 3 aromatic carbocycles. The van der Waals surface area contributed by atoms with Crippen LogP contribution in [-0.4, -0.2) is 30.5 Å². The minimum atomic E-state index is -1.01. The zero-order valence-corrected chi connectivity index (χ0v) is 16.7. The minimum Gasteiger partial charge on any atom is -0.483 e. The van der Waals surface area contributed by atoms with Gasteiger partial charge >= 0.3 is 11.8 Å². The molecule has 0 unspecified atom stereocenters. The summed E-state index contributed by atoms with van der Waals surface area (Å²) in [6, 6.07) is 20.7. The Bertz CT molecular complexity index is 1120. The summed E-state index contributed by atoms with van der Waals surface area (Å²) in [6.07, 6.45) is 1.29. The first kappa shape index (κ1) is 22.2. The molecule has 9 heteroatoms. The Balaban J connectivity index is 1.52. The van der Waals surface area contributed by atoms with Gasteiger partial charge in [-0.3, -0.25) is 14.4 Å². The van der Waals surface area contributed by atoms with Crippen molar-refractivity contribution in [3.8, 4) is 5.75 Å². The zero-order chi connectivity index (χ0) is 22.8. The van der Waals surface area contributed by atoms with E-state index in [1.54, 1.807) is 48.5 Å². The number of ether oxygens (including phenoxy) is 1. The maximum Gasteiger partial charge on any atom is 0.329 e. The van der Waals surface area contributed by atoms with Crippen molar-refractivity contribution in [3.05, 3.63) is 90.2 Å². The van der Waals surface area contributed by atoms with Gasteiger partial charge in [0.05, 0.1) is 6.21 Å². The van der Waals surface area contributed by atoms with Crippen LogP contribution in [0.25, 0.3) is 0 Å². The average molecular weight is 434 g/mol. The number of carbonyl (C=O) groups excluding carboxylic acids is 3. The molecule has 0 spiro atoms. The molecule has 3 N–H and O–H groups in total. The lowest BCUT2D eigenvalue weighted by molar-refractivity contribution is -0.136. The molecule has 3 rings (SSSR count). The molecule has 0 aliphatic heterocycles. The molecular formula is C23H19FN4O4. The quantitative estimate of drug-likeness (QED) is 0.302. The van der Waals surface area contributed by atoms with Gasteiger partial charge in [-0.1, -0.05) is 30.3 Å². The highest BCUT2D eigenvalue weighted by molar-refractivity contribution is 6.39. The van der Waals surface area contributed by atoms with E-state index in [-0.39, 0.29) is 18.2 Å². The highest BCUT2D eigenvalue weighted by Crippen LogP contribution is 2.16. The van der Waals surface area contributed by atoms with Gasteiger partial charge in [-0.2, -0.15) is 5.10 Å². The lowest BCUT2D eigenvalue weighted by Gasteiger charge is -2.09. The van der Waals surface area contributed by atoms with Crippen LogP contribution >= 0.6 is 0 Å². The number of hydrogen-bond acceptors (Lipinski definition) is 5. The molecule has 3 amide bonds. The number of halogens is 1. The number of nitrogens with zero attached hydrogens (tertiary/aromatic N) is 1. The van der Waals surface area contributed by atoms with Gasteiger partial charge < -0.3 is 15.4 Å². The van der Waals surface area contributed by atoms with Gasteiger partial charge in [0.25, 0.3) is 5.91 Å². The van der Waals surface area contributed by atoms with Gasteiger partial charge in [0.2, 0.25) is 0 Å². The second-order valence-electron chi connectivity index (χ2n) is 6.40. The van der Waals surface area contributed by atoms with Crippen LogP contribution in [0.1, 0.15) is 5.56 Å². The molecule has 0 bridgehead atoms. The van der Waals surface area contributed by atoms with Crippen LogP contribution in [0.3, 0.4) is 0 Å². The Labute approximate surface area is 183 Å². The van der Waals surface area contributed by atoms with Crippen molar-refractivity contribution < 1.29 is 23.5 Å². The van der Waals surface area contributed by atoms with Gasteiger partial charge in [0.15, 0.2) is 6.61 Å². The molecule has 162 valence electrons. The maximum absolute atomic E-state index is 12.9. The van der Waals surface area contributed by atoms with Crippen LogP contribution in [-0.2, 0) is 14.4 Å². The third kappa shape index (κ3) is 6.77. The number of para-hydroxylation sites is 2. The molecular weight excluding hydrogens is 415 g/mol. The first-order chi connectivity index (χ1) is 15.5. The van der Waals surface area contributed by atoms with E-state index in [1.165, 1.54) is 18.3 Å². The van der Waals surface area contributed by atoms with Crippen molar-refractivity contribution in [2.75, 3.05) is 17.2 Å². The van der Waals surface area contributed by atoms with Gasteiger partial charge in [0.1, 0.15) is 11.6 Å². The number of amides is 3. The fourth-order valence-corrected chi connectivity index (χ4v) is 2.51. The number of hydrazone groups is 1. The van der Waals surface area contributed by atoms with E-state index in [1.807, 2.05) is 6.07 Å². The summed E-state index contributed by atoms with van der Waals surface area (Å²) in [7, 11) is 0. The number of benzene rings is 3. The Hall–Kier alpha value is -4.53. The number of anilines is 2. The second kappa shape index (κ2) is 11.0. The van der Waals surface area contributed by atoms with E-state index in [0.29, 0.717) is 17.0 Å². The Morgan fingerprint density at radius 1 is 0.812 bits per heavy atom. The summed E-state index contributed by atoms with van der Waals surface area (Å²) in [6.45, 7) is -0.230. The Morgan fingerprint density at radius 3 is 2.22 bits per heavy atom. The second-order valence-corrected chi connectivity index (χ2v) is 6.40. The normalized spacial score (nSPS) is 10.4. The number of carbonyl (C=O) groups is 3. The predicted molar refractivity (Wildman–Crippen MR) is 118 cm³/mol. The molecule has 0 fully saturated rings. The highest BCUT2D eigenvalue weighted by atomic mass is 19.1. The molecule has 0 radical (unpaired) electrons. The molecule has 0 saturated carbocycles. The van der Waals surface area contributed by atoms with Gasteiger partial charge in [-0.15, -0.1) is 0 Å². The summed E-state index contributed by atoms with van der Waals surface area (Å²) in [5.41, 5.74) is 3.50. The molecule has 0 aliphatic rings. The first-order valence-electron chi connectivity index (χ1n) is 9.48.